The molecule has 16 heavy (non-hydrogen) atoms. The Balaban J connectivity index is 3.39. The van der Waals surface area contributed by atoms with Crippen LogP contribution in [0.4, 0.5) is 0 Å². The van der Waals surface area contributed by atoms with Crippen molar-refractivity contribution >= 4 is 0 Å². The molecule has 0 aliphatic rings. The molecule has 3 N–H and O–H groups in total. The maximum absolute atomic E-state index is 9.50. The van der Waals surface area contributed by atoms with E-state index in [2.05, 4.69) is 13.8 Å². The van der Waals surface area contributed by atoms with Crippen molar-refractivity contribution in [2.24, 2.45) is 5.92 Å². The van der Waals surface area contributed by atoms with Crippen LogP contribution in [0.1, 0.15) is 26.7 Å². The molecule has 1 atom stereocenters. The monoisotopic (exact) mass is 235 g/mol. The molecule has 5 nitrogen and oxygen atoms in total. The molecular formula is C11H25NO4. The Bertz CT molecular complexity index is 151. The van der Waals surface area contributed by atoms with Crippen molar-refractivity contribution in [1.29, 1.82) is 0 Å². The van der Waals surface area contributed by atoms with Crippen LogP contribution in [0.5, 0.6) is 0 Å². The fourth-order valence-corrected chi connectivity index (χ4v) is 1.32. The smallest absolute Gasteiger partial charge is 0.0975 e. The van der Waals surface area contributed by atoms with Gasteiger partial charge in [-0.05, 0) is 18.8 Å². The van der Waals surface area contributed by atoms with Crippen LogP contribution in [0.15, 0.2) is 0 Å². The summed E-state index contributed by atoms with van der Waals surface area (Å²) in [6.07, 6.45) is 1.45. The van der Waals surface area contributed by atoms with Gasteiger partial charge in [0.2, 0.25) is 0 Å². The van der Waals surface area contributed by atoms with Gasteiger partial charge in [-0.15, -0.1) is 0 Å². The summed E-state index contributed by atoms with van der Waals surface area (Å²) in [5.74, 6) is 0.674. The fraction of sp³-hybridized carbons (Fsp3) is 1.00. The summed E-state index contributed by atoms with van der Waals surface area (Å²) in [6.45, 7) is 4.91. The van der Waals surface area contributed by atoms with E-state index < -0.39 is 6.10 Å². The van der Waals surface area contributed by atoms with Gasteiger partial charge in [0.05, 0.1) is 26.2 Å². The normalized spacial score (nSPS) is 13.7. The summed E-state index contributed by atoms with van der Waals surface area (Å²) in [4.78, 5) is 1.32. The van der Waals surface area contributed by atoms with E-state index >= 15 is 0 Å². The Morgan fingerprint density at radius 1 is 1.19 bits per heavy atom. The lowest BCUT2D eigenvalue weighted by Crippen LogP contribution is -2.36. The van der Waals surface area contributed by atoms with E-state index in [1.807, 2.05) is 0 Å². The second-order valence-electron chi connectivity index (χ2n) is 4.40. The van der Waals surface area contributed by atoms with Crippen LogP contribution < -0.4 is 0 Å². The summed E-state index contributed by atoms with van der Waals surface area (Å²) in [5.41, 5.74) is 0. The third kappa shape index (κ3) is 9.06. The van der Waals surface area contributed by atoms with Crippen LogP contribution in [0, 0.1) is 5.92 Å². The zero-order valence-corrected chi connectivity index (χ0v) is 10.3. The highest BCUT2D eigenvalue weighted by atomic mass is 16.5. The molecule has 0 amide bonds. The molecule has 5 heteroatoms. The van der Waals surface area contributed by atoms with Crippen molar-refractivity contribution in [2.75, 3.05) is 33.2 Å². The Labute approximate surface area is 97.6 Å². The van der Waals surface area contributed by atoms with E-state index in [0.29, 0.717) is 12.5 Å². The van der Waals surface area contributed by atoms with Crippen molar-refractivity contribution in [1.82, 2.24) is 4.90 Å². The molecule has 0 saturated carbocycles. The number of aliphatic hydroxyl groups excluding tert-OH is 3. The van der Waals surface area contributed by atoms with Gasteiger partial charge in [0.25, 0.3) is 0 Å². The van der Waals surface area contributed by atoms with E-state index in [1.54, 1.807) is 0 Å². The standard InChI is InChI=1S/C11H25NO4/c1-10(2)4-3-5-16-7-11(15)6-12(8-13)9-14/h10-11,13-15H,3-9H2,1-2H3. The van der Waals surface area contributed by atoms with Crippen molar-refractivity contribution in [3.05, 3.63) is 0 Å². The number of ether oxygens (including phenoxy) is 1. The minimum atomic E-state index is -0.668. The molecule has 0 aliphatic carbocycles. The first-order chi connectivity index (χ1) is 7.60. The van der Waals surface area contributed by atoms with Gasteiger partial charge in [0.1, 0.15) is 0 Å². The zero-order chi connectivity index (χ0) is 12.4. The summed E-state index contributed by atoms with van der Waals surface area (Å²) >= 11 is 0. The van der Waals surface area contributed by atoms with Gasteiger partial charge in [0, 0.05) is 13.2 Å². The third-order valence-corrected chi connectivity index (χ3v) is 2.25. The maximum Gasteiger partial charge on any atom is 0.0975 e. The minimum Gasteiger partial charge on any atom is -0.389 e. The van der Waals surface area contributed by atoms with Gasteiger partial charge in [-0.1, -0.05) is 13.8 Å². The van der Waals surface area contributed by atoms with Gasteiger partial charge in [-0.2, -0.15) is 0 Å². The number of hydrogen-bond donors (Lipinski definition) is 3. The van der Waals surface area contributed by atoms with Gasteiger partial charge >= 0.3 is 0 Å². The molecule has 0 bridgehead atoms. The Hall–Kier alpha value is -0.200. The van der Waals surface area contributed by atoms with Gasteiger partial charge in [-0.25, -0.2) is 0 Å². The van der Waals surface area contributed by atoms with Crippen LogP contribution in [-0.4, -0.2) is 59.5 Å². The summed E-state index contributed by atoms with van der Waals surface area (Å²) in [5, 5.41) is 27.0. The molecule has 0 spiro atoms. The average Bonchev–Trinajstić information content (AvgIpc) is 2.25. The summed E-state index contributed by atoms with van der Waals surface area (Å²) in [7, 11) is 0. The predicted octanol–water partition coefficient (Wildman–Crippen LogP) is 0.00170. The van der Waals surface area contributed by atoms with Crippen LogP contribution in [0.2, 0.25) is 0 Å². The lowest BCUT2D eigenvalue weighted by molar-refractivity contribution is -0.0306. The summed E-state index contributed by atoms with van der Waals surface area (Å²) < 4.78 is 5.30. The lowest BCUT2D eigenvalue weighted by atomic mass is 10.1. The highest BCUT2D eigenvalue weighted by molar-refractivity contribution is 4.58. The highest BCUT2D eigenvalue weighted by Crippen LogP contribution is 2.03. The van der Waals surface area contributed by atoms with Crippen molar-refractivity contribution < 1.29 is 20.1 Å². The quantitative estimate of drug-likeness (QED) is 0.367. The van der Waals surface area contributed by atoms with E-state index in [-0.39, 0.29) is 26.6 Å². The molecule has 0 fully saturated rings. The second-order valence-corrected chi connectivity index (χ2v) is 4.40. The topological polar surface area (TPSA) is 73.2 Å². The lowest BCUT2D eigenvalue weighted by Gasteiger charge is -2.20. The van der Waals surface area contributed by atoms with Crippen LogP contribution in [0.25, 0.3) is 0 Å². The first kappa shape index (κ1) is 15.8. The van der Waals surface area contributed by atoms with Crippen LogP contribution >= 0.6 is 0 Å². The maximum atomic E-state index is 9.50. The van der Waals surface area contributed by atoms with E-state index in [9.17, 15) is 5.11 Å². The molecule has 98 valence electrons. The van der Waals surface area contributed by atoms with Crippen molar-refractivity contribution in [3.63, 3.8) is 0 Å². The molecule has 0 rings (SSSR count). The van der Waals surface area contributed by atoms with Gasteiger partial charge in [-0.3, -0.25) is 4.90 Å². The molecule has 0 aromatic rings. The summed E-state index contributed by atoms with van der Waals surface area (Å²) in [6, 6.07) is 0. The van der Waals surface area contributed by atoms with E-state index in [1.165, 1.54) is 4.90 Å². The minimum absolute atomic E-state index is 0.219. The van der Waals surface area contributed by atoms with Gasteiger partial charge < -0.3 is 20.1 Å². The highest BCUT2D eigenvalue weighted by Gasteiger charge is 2.09. The van der Waals surface area contributed by atoms with Crippen LogP contribution in [-0.2, 0) is 4.74 Å². The SMILES string of the molecule is CC(C)CCCOCC(O)CN(CO)CO. The fourth-order valence-electron chi connectivity index (χ4n) is 1.32. The van der Waals surface area contributed by atoms with E-state index in [4.69, 9.17) is 14.9 Å². The van der Waals surface area contributed by atoms with Crippen molar-refractivity contribution in [2.45, 2.75) is 32.8 Å². The largest absolute Gasteiger partial charge is 0.389 e. The Morgan fingerprint density at radius 2 is 1.81 bits per heavy atom. The third-order valence-electron chi connectivity index (χ3n) is 2.25. The van der Waals surface area contributed by atoms with Crippen LogP contribution in [0.3, 0.4) is 0 Å². The zero-order valence-electron chi connectivity index (χ0n) is 10.3. The Morgan fingerprint density at radius 3 is 2.31 bits per heavy atom. The first-order valence-corrected chi connectivity index (χ1v) is 5.80. The second kappa shape index (κ2) is 9.99. The molecule has 0 aromatic carbocycles. The molecule has 0 aliphatic heterocycles. The number of rotatable bonds is 10. The molecule has 1 unspecified atom stereocenters. The first-order valence-electron chi connectivity index (χ1n) is 5.80. The molecule has 0 heterocycles. The predicted molar refractivity (Wildman–Crippen MR) is 61.8 cm³/mol. The average molecular weight is 235 g/mol. The van der Waals surface area contributed by atoms with Gasteiger partial charge in [0.15, 0.2) is 0 Å². The van der Waals surface area contributed by atoms with Crippen molar-refractivity contribution in [3.8, 4) is 0 Å². The number of hydrogen-bond acceptors (Lipinski definition) is 5. The molecule has 0 aromatic heterocycles. The number of aliphatic hydroxyl groups is 3. The number of nitrogens with zero attached hydrogens (tertiary/aromatic N) is 1. The van der Waals surface area contributed by atoms with E-state index in [0.717, 1.165) is 12.8 Å². The Kier molecular flexibility index (Phi) is 9.86. The molecule has 0 radical (unpaired) electrons. The molecular weight excluding hydrogens is 210 g/mol. The molecule has 0 saturated heterocycles.